The molecule has 3 heterocycles. The Hall–Kier alpha value is -1.43. The summed E-state index contributed by atoms with van der Waals surface area (Å²) in [6.07, 6.45) is 5.18. The summed E-state index contributed by atoms with van der Waals surface area (Å²) in [6.45, 7) is 7.32. The van der Waals surface area contributed by atoms with E-state index in [9.17, 15) is 4.79 Å². The number of piperidine rings is 1. The molecule has 1 amide bonds. The number of amides is 1. The summed E-state index contributed by atoms with van der Waals surface area (Å²) in [5.74, 6) is 3.11. The molecule has 0 aliphatic carbocycles. The lowest BCUT2D eigenvalue weighted by Crippen LogP contribution is -2.36. The quantitative estimate of drug-likeness (QED) is 0.863. The fourth-order valence-electron chi connectivity index (χ4n) is 3.68. The van der Waals surface area contributed by atoms with Crippen LogP contribution >= 0.6 is 0 Å². The zero-order valence-electron chi connectivity index (χ0n) is 13.6. The van der Waals surface area contributed by atoms with E-state index in [-0.39, 0.29) is 11.9 Å². The molecule has 1 fully saturated rings. The predicted molar refractivity (Wildman–Crippen MR) is 84.3 cm³/mol. The van der Waals surface area contributed by atoms with Gasteiger partial charge >= 0.3 is 0 Å². The average Bonchev–Trinajstić information content (AvgIpc) is 3.10. The van der Waals surface area contributed by atoms with Gasteiger partial charge in [-0.05, 0) is 51.1 Å². The molecule has 6 nitrogen and oxygen atoms in total. The largest absolute Gasteiger partial charge is 0.346 e. The molecule has 2 N–H and O–H groups in total. The summed E-state index contributed by atoms with van der Waals surface area (Å²) in [4.78, 5) is 12.3. The maximum atomic E-state index is 12.3. The highest BCUT2D eigenvalue weighted by molar-refractivity contribution is 5.76. The molecule has 1 aromatic heterocycles. The van der Waals surface area contributed by atoms with Crippen LogP contribution in [0.5, 0.6) is 0 Å². The minimum atomic E-state index is -0.0662. The Bertz CT molecular complexity index is 521. The molecular weight excluding hydrogens is 278 g/mol. The van der Waals surface area contributed by atoms with Gasteiger partial charge in [0.05, 0.1) is 6.04 Å². The number of hydrogen-bond donors (Lipinski definition) is 2. The van der Waals surface area contributed by atoms with E-state index in [0.29, 0.717) is 18.3 Å². The van der Waals surface area contributed by atoms with Crippen molar-refractivity contribution in [2.45, 2.75) is 58.5 Å². The normalized spacial score (nSPS) is 23.8. The zero-order chi connectivity index (χ0) is 15.5. The van der Waals surface area contributed by atoms with Crippen molar-refractivity contribution in [1.82, 2.24) is 25.4 Å². The molecule has 2 aliphatic rings. The highest BCUT2D eigenvalue weighted by atomic mass is 16.1. The van der Waals surface area contributed by atoms with Gasteiger partial charge < -0.3 is 15.2 Å². The van der Waals surface area contributed by atoms with E-state index in [1.165, 1.54) is 12.8 Å². The molecule has 1 aromatic rings. The number of carbonyl (C=O) groups excluding carboxylic acids is 1. The maximum absolute atomic E-state index is 12.3. The minimum Gasteiger partial charge on any atom is -0.346 e. The summed E-state index contributed by atoms with van der Waals surface area (Å²) in [5, 5.41) is 15.0. The number of aromatic nitrogens is 3. The van der Waals surface area contributed by atoms with Crippen molar-refractivity contribution in [3.8, 4) is 0 Å². The number of nitrogens with one attached hydrogen (secondary N) is 2. The molecule has 3 atom stereocenters. The van der Waals surface area contributed by atoms with Crippen LogP contribution < -0.4 is 10.6 Å². The fourth-order valence-corrected chi connectivity index (χ4v) is 3.68. The van der Waals surface area contributed by atoms with E-state index in [2.05, 4.69) is 32.3 Å². The first-order chi connectivity index (χ1) is 10.6. The summed E-state index contributed by atoms with van der Waals surface area (Å²) in [7, 11) is 0. The Morgan fingerprint density at radius 2 is 2.27 bits per heavy atom. The minimum absolute atomic E-state index is 0.0662. The Morgan fingerprint density at radius 3 is 3.05 bits per heavy atom. The highest BCUT2D eigenvalue weighted by Crippen LogP contribution is 2.23. The van der Waals surface area contributed by atoms with Crippen molar-refractivity contribution in [3.05, 3.63) is 11.6 Å². The third-order valence-electron chi connectivity index (χ3n) is 5.05. The Balaban J connectivity index is 1.52. The van der Waals surface area contributed by atoms with E-state index in [1.54, 1.807) is 0 Å². The average molecular weight is 305 g/mol. The van der Waals surface area contributed by atoms with Crippen LogP contribution in [-0.4, -0.2) is 33.8 Å². The van der Waals surface area contributed by atoms with E-state index >= 15 is 0 Å². The number of fused-ring (bicyclic) bond motifs is 1. The van der Waals surface area contributed by atoms with E-state index in [4.69, 9.17) is 0 Å². The Kier molecular flexibility index (Phi) is 4.76. The van der Waals surface area contributed by atoms with Gasteiger partial charge in [0.1, 0.15) is 5.82 Å². The lowest BCUT2D eigenvalue weighted by molar-refractivity contribution is -0.123. The molecule has 0 radical (unpaired) electrons. The first kappa shape index (κ1) is 15.5. The van der Waals surface area contributed by atoms with Gasteiger partial charge in [0.2, 0.25) is 5.91 Å². The number of rotatable bonds is 5. The van der Waals surface area contributed by atoms with Gasteiger partial charge in [0.15, 0.2) is 5.82 Å². The monoisotopic (exact) mass is 305 g/mol. The first-order valence-corrected chi connectivity index (χ1v) is 8.57. The summed E-state index contributed by atoms with van der Waals surface area (Å²) in [6, 6.07) is -0.0662. The number of aryl methyl sites for hydroxylation is 1. The number of nitrogens with zero attached hydrogens (tertiary/aromatic N) is 3. The van der Waals surface area contributed by atoms with E-state index in [0.717, 1.165) is 44.1 Å². The molecule has 2 aliphatic heterocycles. The van der Waals surface area contributed by atoms with Gasteiger partial charge in [-0.15, -0.1) is 10.2 Å². The van der Waals surface area contributed by atoms with Crippen LogP contribution in [0.15, 0.2) is 0 Å². The lowest BCUT2D eigenvalue weighted by atomic mass is 9.85. The van der Waals surface area contributed by atoms with Gasteiger partial charge in [-0.3, -0.25) is 4.79 Å². The molecule has 22 heavy (non-hydrogen) atoms. The van der Waals surface area contributed by atoms with Gasteiger partial charge in [0, 0.05) is 19.4 Å². The second kappa shape index (κ2) is 6.77. The van der Waals surface area contributed by atoms with Gasteiger partial charge in [-0.2, -0.15) is 0 Å². The van der Waals surface area contributed by atoms with Crippen LogP contribution in [0, 0.1) is 11.8 Å². The molecule has 0 spiro atoms. The summed E-state index contributed by atoms with van der Waals surface area (Å²) in [5.41, 5.74) is 0. The third-order valence-corrected chi connectivity index (χ3v) is 5.05. The van der Waals surface area contributed by atoms with Gasteiger partial charge in [0.25, 0.3) is 0 Å². The van der Waals surface area contributed by atoms with Crippen molar-refractivity contribution in [2.24, 2.45) is 11.8 Å². The molecule has 3 unspecified atom stereocenters. The molecule has 0 aromatic carbocycles. The van der Waals surface area contributed by atoms with Crippen LogP contribution in [0.2, 0.25) is 0 Å². The van der Waals surface area contributed by atoms with Crippen molar-refractivity contribution >= 4 is 5.91 Å². The highest BCUT2D eigenvalue weighted by Gasteiger charge is 2.25. The lowest BCUT2D eigenvalue weighted by Gasteiger charge is -2.28. The topological polar surface area (TPSA) is 71.8 Å². The van der Waals surface area contributed by atoms with Crippen LogP contribution in [0.1, 0.15) is 57.2 Å². The molecule has 122 valence electrons. The van der Waals surface area contributed by atoms with E-state index < -0.39 is 0 Å². The second-order valence-corrected chi connectivity index (χ2v) is 6.81. The van der Waals surface area contributed by atoms with Gasteiger partial charge in [-0.1, -0.05) is 6.92 Å². The SMILES string of the molecule is CC(NC(=O)CC(C)C1CCCNC1)c1nnc2n1CCC2. The smallest absolute Gasteiger partial charge is 0.220 e. The molecule has 0 bridgehead atoms. The van der Waals surface area contributed by atoms with Crippen molar-refractivity contribution < 1.29 is 4.79 Å². The second-order valence-electron chi connectivity index (χ2n) is 6.81. The van der Waals surface area contributed by atoms with Crippen molar-refractivity contribution in [3.63, 3.8) is 0 Å². The molecule has 1 saturated heterocycles. The van der Waals surface area contributed by atoms with Crippen molar-refractivity contribution in [2.75, 3.05) is 13.1 Å². The zero-order valence-corrected chi connectivity index (χ0v) is 13.6. The number of hydrogen-bond acceptors (Lipinski definition) is 4. The summed E-state index contributed by atoms with van der Waals surface area (Å²) >= 11 is 0. The number of carbonyl (C=O) groups is 1. The fraction of sp³-hybridized carbons (Fsp3) is 0.812. The molecular formula is C16H27N5O. The van der Waals surface area contributed by atoms with Crippen LogP contribution in [-0.2, 0) is 17.8 Å². The maximum Gasteiger partial charge on any atom is 0.220 e. The Labute approximate surface area is 132 Å². The van der Waals surface area contributed by atoms with Gasteiger partial charge in [-0.25, -0.2) is 0 Å². The predicted octanol–water partition coefficient (Wildman–Crippen LogP) is 1.43. The standard InChI is InChI=1S/C16H27N5O/c1-11(13-5-3-7-17-10-13)9-15(22)18-12(2)16-20-19-14-6-4-8-21(14)16/h11-13,17H,3-10H2,1-2H3,(H,18,22). The molecule has 6 heteroatoms. The van der Waals surface area contributed by atoms with Crippen LogP contribution in [0.4, 0.5) is 0 Å². The van der Waals surface area contributed by atoms with Crippen LogP contribution in [0.3, 0.4) is 0 Å². The molecule has 0 saturated carbocycles. The van der Waals surface area contributed by atoms with Crippen molar-refractivity contribution in [1.29, 1.82) is 0 Å². The first-order valence-electron chi connectivity index (χ1n) is 8.57. The third kappa shape index (κ3) is 3.32. The summed E-state index contributed by atoms with van der Waals surface area (Å²) < 4.78 is 2.15. The van der Waals surface area contributed by atoms with Crippen LogP contribution in [0.25, 0.3) is 0 Å². The molecule has 3 rings (SSSR count). The Morgan fingerprint density at radius 1 is 1.41 bits per heavy atom. The van der Waals surface area contributed by atoms with E-state index in [1.807, 2.05) is 6.92 Å².